The summed E-state index contributed by atoms with van der Waals surface area (Å²) in [5.74, 6) is 1.49. The van der Waals surface area contributed by atoms with E-state index in [-0.39, 0.29) is 29.8 Å². The molecule has 1 heterocycles. The maximum absolute atomic E-state index is 13.2. The lowest BCUT2D eigenvalue weighted by molar-refractivity contribution is 0.371. The minimum Gasteiger partial charge on any atom is -0.352 e. The molecule has 120 valence electrons. The lowest BCUT2D eigenvalue weighted by Gasteiger charge is -2.11. The van der Waals surface area contributed by atoms with Gasteiger partial charge in [0.1, 0.15) is 5.82 Å². The first-order valence-corrected chi connectivity index (χ1v) is 6.57. The van der Waals surface area contributed by atoms with Gasteiger partial charge >= 0.3 is 0 Å². The minimum atomic E-state index is -0.201. The number of hydrogen-bond donors (Lipinski definition) is 2. The highest BCUT2D eigenvalue weighted by atomic mass is 127. The third-order valence-corrected chi connectivity index (χ3v) is 2.88. The Hall–Kier alpha value is -1.71. The molecule has 2 N–H and O–H groups in total. The zero-order chi connectivity index (χ0) is 15.2. The van der Waals surface area contributed by atoms with Crippen molar-refractivity contribution in [3.8, 4) is 0 Å². The fourth-order valence-corrected chi connectivity index (χ4v) is 1.79. The molecule has 1 aromatic heterocycles. The van der Waals surface area contributed by atoms with Crippen LogP contribution in [0.1, 0.15) is 22.8 Å². The number of aliphatic imine (C=N–C) groups is 1. The number of halogens is 2. The van der Waals surface area contributed by atoms with E-state index < -0.39 is 0 Å². The molecule has 0 unspecified atom stereocenters. The van der Waals surface area contributed by atoms with E-state index in [2.05, 4.69) is 25.8 Å². The molecular formula is C14H19FIN5O. The molecular weight excluding hydrogens is 400 g/mol. The van der Waals surface area contributed by atoms with Crippen LogP contribution < -0.4 is 10.6 Å². The second-order valence-electron chi connectivity index (χ2n) is 4.60. The topological polar surface area (TPSA) is 75.3 Å². The van der Waals surface area contributed by atoms with Gasteiger partial charge in [-0.15, -0.1) is 24.0 Å². The van der Waals surface area contributed by atoms with Gasteiger partial charge in [0.15, 0.2) is 11.8 Å². The maximum Gasteiger partial charge on any atom is 0.246 e. The second kappa shape index (κ2) is 8.66. The lowest BCUT2D eigenvalue weighted by Crippen LogP contribution is -2.36. The van der Waals surface area contributed by atoms with Crippen molar-refractivity contribution in [2.24, 2.45) is 4.99 Å². The van der Waals surface area contributed by atoms with Crippen molar-refractivity contribution in [2.75, 3.05) is 7.05 Å². The molecule has 0 amide bonds. The largest absolute Gasteiger partial charge is 0.352 e. The summed E-state index contributed by atoms with van der Waals surface area (Å²) in [4.78, 5) is 8.19. The minimum absolute atomic E-state index is 0. The van der Waals surface area contributed by atoms with Gasteiger partial charge in [-0.25, -0.2) is 4.39 Å². The molecule has 22 heavy (non-hydrogen) atoms. The molecule has 0 fully saturated rings. The first kappa shape index (κ1) is 18.3. The van der Waals surface area contributed by atoms with Gasteiger partial charge in [-0.3, -0.25) is 4.99 Å². The third kappa shape index (κ3) is 5.24. The van der Waals surface area contributed by atoms with E-state index >= 15 is 0 Å². The molecule has 0 saturated carbocycles. The summed E-state index contributed by atoms with van der Waals surface area (Å²) in [6, 6.07) is 5.00. The molecule has 2 rings (SSSR count). The fraction of sp³-hybridized carbons (Fsp3) is 0.357. The molecule has 0 spiro atoms. The highest BCUT2D eigenvalue weighted by Gasteiger charge is 2.05. The van der Waals surface area contributed by atoms with Gasteiger partial charge in [-0.2, -0.15) is 4.98 Å². The normalized spacial score (nSPS) is 11.0. The smallest absolute Gasteiger partial charge is 0.246 e. The van der Waals surface area contributed by atoms with Gasteiger partial charge in [0.25, 0.3) is 0 Å². The van der Waals surface area contributed by atoms with Crippen LogP contribution in [0.15, 0.2) is 27.7 Å². The second-order valence-corrected chi connectivity index (χ2v) is 4.60. The molecule has 0 aliphatic rings. The van der Waals surface area contributed by atoms with Crippen molar-refractivity contribution < 1.29 is 8.91 Å². The Morgan fingerprint density at radius 2 is 2.00 bits per heavy atom. The van der Waals surface area contributed by atoms with Crippen LogP contribution in [0.25, 0.3) is 0 Å². The lowest BCUT2D eigenvalue weighted by atomic mass is 10.1. The molecule has 0 aliphatic heterocycles. The fourth-order valence-electron chi connectivity index (χ4n) is 1.79. The average molecular weight is 419 g/mol. The molecule has 0 radical (unpaired) electrons. The molecule has 8 heteroatoms. The van der Waals surface area contributed by atoms with Crippen molar-refractivity contribution in [2.45, 2.75) is 26.9 Å². The van der Waals surface area contributed by atoms with Crippen molar-refractivity contribution in [1.82, 2.24) is 20.8 Å². The Morgan fingerprint density at radius 3 is 2.59 bits per heavy atom. The molecule has 6 nitrogen and oxygen atoms in total. The van der Waals surface area contributed by atoms with Gasteiger partial charge in [-0.05, 0) is 31.0 Å². The predicted molar refractivity (Wildman–Crippen MR) is 92.6 cm³/mol. The van der Waals surface area contributed by atoms with Crippen LogP contribution in [0.3, 0.4) is 0 Å². The number of nitrogens with one attached hydrogen (secondary N) is 2. The van der Waals surface area contributed by atoms with E-state index in [1.165, 1.54) is 6.07 Å². The maximum atomic E-state index is 13.2. The van der Waals surface area contributed by atoms with Crippen LogP contribution in [-0.2, 0) is 13.1 Å². The highest BCUT2D eigenvalue weighted by Crippen LogP contribution is 2.08. The Balaban J connectivity index is 0.00000242. The summed E-state index contributed by atoms with van der Waals surface area (Å²) in [6.07, 6.45) is 0. The number of rotatable bonds is 4. The summed E-state index contributed by atoms with van der Waals surface area (Å²) in [5, 5.41) is 9.91. The SMILES string of the molecule is CN=C(NCc1ccc(F)c(C)c1)NCc1nc(C)no1.I. The number of nitrogens with zero attached hydrogens (tertiary/aromatic N) is 3. The monoisotopic (exact) mass is 419 g/mol. The van der Waals surface area contributed by atoms with Crippen LogP contribution >= 0.6 is 24.0 Å². The quantitative estimate of drug-likeness (QED) is 0.452. The van der Waals surface area contributed by atoms with E-state index in [9.17, 15) is 4.39 Å². The number of aryl methyl sites for hydroxylation is 2. The summed E-state index contributed by atoms with van der Waals surface area (Å²) in [6.45, 7) is 4.44. The van der Waals surface area contributed by atoms with E-state index in [1.807, 2.05) is 0 Å². The summed E-state index contributed by atoms with van der Waals surface area (Å²) in [7, 11) is 1.67. The first-order chi connectivity index (χ1) is 10.1. The van der Waals surface area contributed by atoms with Crippen molar-refractivity contribution in [1.29, 1.82) is 0 Å². The van der Waals surface area contributed by atoms with Gasteiger partial charge in [0, 0.05) is 13.6 Å². The number of aromatic nitrogens is 2. The molecule has 2 aromatic rings. The molecule has 0 saturated heterocycles. The Labute approximate surface area is 145 Å². The van der Waals surface area contributed by atoms with Crippen molar-refractivity contribution in [3.63, 3.8) is 0 Å². The highest BCUT2D eigenvalue weighted by molar-refractivity contribution is 14.0. The van der Waals surface area contributed by atoms with Crippen LogP contribution in [0.2, 0.25) is 0 Å². The van der Waals surface area contributed by atoms with E-state index in [1.54, 1.807) is 33.0 Å². The van der Waals surface area contributed by atoms with Crippen molar-refractivity contribution in [3.05, 3.63) is 46.9 Å². The van der Waals surface area contributed by atoms with Gasteiger partial charge < -0.3 is 15.2 Å². The number of guanidine groups is 1. The predicted octanol–water partition coefficient (Wildman–Crippen LogP) is 2.31. The summed E-state index contributed by atoms with van der Waals surface area (Å²) >= 11 is 0. The molecule has 0 aliphatic carbocycles. The number of benzene rings is 1. The van der Waals surface area contributed by atoms with E-state index in [4.69, 9.17) is 4.52 Å². The van der Waals surface area contributed by atoms with Crippen LogP contribution in [0, 0.1) is 19.7 Å². The van der Waals surface area contributed by atoms with Gasteiger partial charge in [0.05, 0.1) is 6.54 Å². The third-order valence-electron chi connectivity index (χ3n) is 2.88. The zero-order valence-electron chi connectivity index (χ0n) is 12.7. The Morgan fingerprint density at radius 1 is 1.27 bits per heavy atom. The van der Waals surface area contributed by atoms with Crippen LogP contribution in [0.5, 0.6) is 0 Å². The van der Waals surface area contributed by atoms with E-state index in [0.717, 1.165) is 5.56 Å². The van der Waals surface area contributed by atoms with Crippen LogP contribution in [0.4, 0.5) is 4.39 Å². The van der Waals surface area contributed by atoms with Gasteiger partial charge in [-0.1, -0.05) is 17.3 Å². The Kier molecular flexibility index (Phi) is 7.22. The van der Waals surface area contributed by atoms with Crippen molar-refractivity contribution >= 4 is 29.9 Å². The summed E-state index contributed by atoms with van der Waals surface area (Å²) in [5.41, 5.74) is 1.60. The van der Waals surface area contributed by atoms with E-state index in [0.29, 0.717) is 36.3 Å². The molecule has 0 atom stereocenters. The summed E-state index contributed by atoms with van der Waals surface area (Å²) < 4.78 is 18.2. The first-order valence-electron chi connectivity index (χ1n) is 6.57. The average Bonchev–Trinajstić information content (AvgIpc) is 2.88. The number of hydrogen-bond acceptors (Lipinski definition) is 4. The van der Waals surface area contributed by atoms with Crippen LogP contribution in [-0.4, -0.2) is 23.1 Å². The molecule has 0 bridgehead atoms. The Bertz CT molecular complexity index is 644. The molecule has 1 aromatic carbocycles. The zero-order valence-corrected chi connectivity index (χ0v) is 15.0. The van der Waals surface area contributed by atoms with Gasteiger partial charge in [0.2, 0.25) is 5.89 Å². The standard InChI is InChI=1S/C14H18FN5O.HI/c1-9-6-11(4-5-12(9)15)7-17-14(16-3)18-8-13-19-10(2)20-21-13;/h4-6H,7-8H2,1-3H3,(H2,16,17,18);1H.